The monoisotopic (exact) mass is 666 g/mol. The zero-order chi connectivity index (χ0) is 28.2. The molecule has 1 heterocycles. The van der Waals surface area contributed by atoms with E-state index in [1.54, 1.807) is 40.1 Å². The van der Waals surface area contributed by atoms with Crippen LogP contribution in [0.15, 0.2) is 36.4 Å². The zero-order valence-corrected chi connectivity index (χ0v) is 25.2. The molecule has 0 saturated heterocycles. The Balaban J connectivity index is 1.51. The van der Waals surface area contributed by atoms with Gasteiger partial charge in [0.2, 0.25) is 0 Å². The molecular formula is C26H30FN4O6SSb. The van der Waals surface area contributed by atoms with Gasteiger partial charge in [-0.3, -0.25) is 0 Å². The van der Waals surface area contributed by atoms with Crippen LogP contribution in [0.2, 0.25) is 9.74 Å². The summed E-state index contributed by atoms with van der Waals surface area (Å²) in [6.45, 7) is 0.200. The van der Waals surface area contributed by atoms with E-state index in [9.17, 15) is 17.4 Å². The van der Waals surface area contributed by atoms with Gasteiger partial charge in [0.25, 0.3) is 0 Å². The first-order chi connectivity index (χ1) is 18.5. The molecule has 3 amide bonds. The van der Waals surface area contributed by atoms with Crippen molar-refractivity contribution < 1.29 is 31.3 Å². The predicted molar refractivity (Wildman–Crippen MR) is 147 cm³/mol. The minimum absolute atomic E-state index is 0.119. The second kappa shape index (κ2) is 12.5. The van der Waals surface area contributed by atoms with Crippen LogP contribution in [0.3, 0.4) is 0 Å². The molecule has 3 aromatic rings. The van der Waals surface area contributed by atoms with Gasteiger partial charge in [0.05, 0.1) is 6.61 Å². The number of ether oxygens (including phenoxy) is 2. The first-order valence-corrected chi connectivity index (χ1v) is 20.7. The Labute approximate surface area is 233 Å². The average molecular weight is 667 g/mol. The first kappa shape index (κ1) is 29.0. The number of carbonyl (C=O) groups excluding carboxylic acids is 3. The molecule has 1 aliphatic carbocycles. The van der Waals surface area contributed by atoms with E-state index in [1.165, 1.54) is 24.5 Å². The average Bonchev–Trinajstić information content (AvgIpc) is 3.59. The molecule has 4 rings (SSSR count). The predicted octanol–water partition coefficient (Wildman–Crippen LogP) is 3.95. The molecule has 0 radical (unpaired) electrons. The van der Waals surface area contributed by atoms with Crippen molar-refractivity contribution in [1.82, 2.24) is 15.6 Å². The van der Waals surface area contributed by atoms with Crippen LogP contribution in [0.5, 0.6) is 0 Å². The number of nitrogens with zero attached hydrogens (tertiary/aromatic N) is 1. The van der Waals surface area contributed by atoms with E-state index >= 15 is 4.39 Å². The summed E-state index contributed by atoms with van der Waals surface area (Å²) < 4.78 is 37.7. The second-order valence-electron chi connectivity index (χ2n) is 9.58. The molecule has 3 N–H and O–H groups in total. The molecule has 39 heavy (non-hydrogen) atoms. The Morgan fingerprint density at radius 1 is 1.15 bits per heavy atom. The summed E-state index contributed by atoms with van der Waals surface area (Å²) in [6.07, 6.45) is 1.24. The zero-order valence-electron chi connectivity index (χ0n) is 21.8. The van der Waals surface area contributed by atoms with Gasteiger partial charge in [-0.05, 0) is 0 Å². The van der Waals surface area contributed by atoms with Gasteiger partial charge >= 0.3 is 199 Å². The normalized spacial score (nSPS) is 14.1. The van der Waals surface area contributed by atoms with Gasteiger partial charge in [-0.1, -0.05) is 0 Å². The molecule has 1 aromatic heterocycles. The Kier molecular flexibility index (Phi) is 9.30. The maximum atomic E-state index is 15.1. The fourth-order valence-corrected chi connectivity index (χ4v) is 10.5. The van der Waals surface area contributed by atoms with Gasteiger partial charge in [0.1, 0.15) is 6.61 Å². The van der Waals surface area contributed by atoms with Crippen molar-refractivity contribution >= 4 is 63.9 Å². The van der Waals surface area contributed by atoms with E-state index in [0.717, 1.165) is 12.8 Å². The van der Waals surface area contributed by atoms with Crippen molar-refractivity contribution in [1.29, 1.82) is 0 Å². The number of methoxy groups -OCH3 is 1. The van der Waals surface area contributed by atoms with E-state index < -0.39 is 40.5 Å². The number of halogens is 1. The molecule has 13 heteroatoms. The fourth-order valence-electron chi connectivity index (χ4n) is 3.84. The number of carbonyl (C=O) groups is 3. The van der Waals surface area contributed by atoms with Crippen molar-refractivity contribution in [3.05, 3.63) is 47.2 Å². The summed E-state index contributed by atoms with van der Waals surface area (Å²) in [5.41, 5.74) is 1.72. The van der Waals surface area contributed by atoms with Crippen LogP contribution in [0, 0.1) is 5.82 Å². The number of rotatable bonds is 11. The van der Waals surface area contributed by atoms with Crippen molar-refractivity contribution in [2.45, 2.75) is 32.5 Å². The summed E-state index contributed by atoms with van der Waals surface area (Å²) in [7, 11) is 1.50. The summed E-state index contributed by atoms with van der Waals surface area (Å²) in [4.78, 5) is 44.5. The quantitative estimate of drug-likeness (QED) is 0.208. The van der Waals surface area contributed by atoms with Gasteiger partial charge < -0.3 is 9.47 Å². The number of aromatic nitrogens is 1. The molecular weight excluding hydrogens is 637 g/mol. The van der Waals surface area contributed by atoms with Crippen LogP contribution in [-0.2, 0) is 22.1 Å². The Bertz CT molecular complexity index is 1420. The van der Waals surface area contributed by atoms with Gasteiger partial charge in [0, 0.05) is 7.11 Å². The van der Waals surface area contributed by atoms with E-state index in [0.29, 0.717) is 32.0 Å². The number of hydrogen-bond donors (Lipinski definition) is 3. The number of nitrogens with one attached hydrogen (secondary N) is 3. The summed E-state index contributed by atoms with van der Waals surface area (Å²) in [6, 6.07) is 9.67. The third kappa shape index (κ3) is 7.80. The van der Waals surface area contributed by atoms with Gasteiger partial charge in [-0.15, -0.1) is 0 Å². The molecule has 10 nitrogen and oxygen atoms in total. The first-order valence-electron chi connectivity index (χ1n) is 12.3. The molecule has 1 aliphatic rings. The molecule has 0 spiro atoms. The van der Waals surface area contributed by atoms with Crippen molar-refractivity contribution in [2.75, 3.05) is 32.2 Å². The van der Waals surface area contributed by atoms with E-state index in [2.05, 4.69) is 20.9 Å². The molecule has 1 fully saturated rings. The standard InChI is InChI=1S/C24H24FN4O5S.2CH3.O.Sb/c1-33-8-9-34-24(32)28-16-4-2-14(3-5-16)17-10-20-19(11-18(17)25)29-23(35-20)12-21(30)26-13-22(31)27-15-6-7-15;;;;/h2-5,10-12,15H,6-9,13H2,1H3,(H,26,30)(H,27,31)(H,28,32);2*1H3;;. The van der Waals surface area contributed by atoms with Gasteiger partial charge in [-0.2, -0.15) is 0 Å². The number of hydrogen-bond acceptors (Lipinski definition) is 8. The van der Waals surface area contributed by atoms with E-state index in [4.69, 9.17) is 9.47 Å². The van der Waals surface area contributed by atoms with Crippen LogP contribution in [-0.4, -0.2) is 74.6 Å². The molecule has 0 bridgehead atoms. The number of anilines is 1. The summed E-state index contributed by atoms with van der Waals surface area (Å²) >= 11 is -2.89. The van der Waals surface area contributed by atoms with Gasteiger partial charge in [-0.25, -0.2) is 4.79 Å². The Hall–Kier alpha value is -2.95. The SMILES string of the molecule is COCCOC(=O)Nc1ccc(-c2cc3sc([CH](C(=O)NCC(=O)NC4CC4)[Sb]([CH3])([CH3])=[O])nc3cc2F)cc1. The number of benzene rings is 2. The van der Waals surface area contributed by atoms with Crippen LogP contribution in [0.4, 0.5) is 14.9 Å². The van der Waals surface area contributed by atoms with E-state index in [1.807, 2.05) is 0 Å². The molecule has 1 atom stereocenters. The third-order valence-corrected chi connectivity index (χ3v) is 12.4. The molecule has 2 aromatic carbocycles. The summed E-state index contributed by atoms with van der Waals surface area (Å²) in [5.74, 6) is -1.32. The number of fused-ring (bicyclic) bond motifs is 1. The van der Waals surface area contributed by atoms with Crippen molar-refractivity contribution in [3.63, 3.8) is 0 Å². The molecule has 208 valence electrons. The molecule has 1 saturated carbocycles. The van der Waals surface area contributed by atoms with Crippen LogP contribution in [0.25, 0.3) is 21.3 Å². The minimum atomic E-state index is -4.07. The van der Waals surface area contributed by atoms with Gasteiger partial charge in [0.15, 0.2) is 0 Å². The maximum absolute atomic E-state index is 15.1. The topological polar surface area (TPSA) is 136 Å². The van der Waals surface area contributed by atoms with Crippen molar-refractivity contribution in [2.24, 2.45) is 0 Å². The number of amides is 3. The molecule has 0 aliphatic heterocycles. The Morgan fingerprint density at radius 2 is 1.87 bits per heavy atom. The van der Waals surface area contributed by atoms with Crippen LogP contribution >= 0.6 is 11.3 Å². The molecule has 1 unspecified atom stereocenters. The van der Waals surface area contributed by atoms with E-state index in [-0.39, 0.29) is 31.7 Å². The Morgan fingerprint density at radius 3 is 2.51 bits per heavy atom. The number of thiazole rings is 1. The second-order valence-corrected chi connectivity index (χ2v) is 20.3. The third-order valence-electron chi connectivity index (χ3n) is 5.93. The van der Waals surface area contributed by atoms with Crippen molar-refractivity contribution in [3.8, 4) is 11.1 Å². The summed E-state index contributed by atoms with van der Waals surface area (Å²) in [5, 5.41) is 8.31. The van der Waals surface area contributed by atoms with Crippen LogP contribution < -0.4 is 16.0 Å². The fraction of sp³-hybridized carbons (Fsp3) is 0.385. The van der Waals surface area contributed by atoms with Crippen LogP contribution in [0.1, 0.15) is 21.7 Å².